The number of hydrogen-bond acceptors (Lipinski definition) is 3. The Morgan fingerprint density at radius 2 is 1.37 bits per heavy atom. The summed E-state index contributed by atoms with van der Waals surface area (Å²) in [5, 5.41) is 1.84. The summed E-state index contributed by atoms with van der Waals surface area (Å²) in [5.41, 5.74) is 8.59. The molecule has 0 aliphatic rings. The second-order valence-corrected chi connectivity index (χ2v) is 3.79. The molecule has 3 nitrogen and oxygen atoms in total. The van der Waals surface area contributed by atoms with Gasteiger partial charge >= 0.3 is 12.4 Å². The van der Waals surface area contributed by atoms with Crippen molar-refractivity contribution in [1.82, 2.24) is 5.32 Å². The molecule has 0 aliphatic heterocycles. The average Bonchev–Trinajstić information content (AvgIpc) is 2.23. The fourth-order valence-corrected chi connectivity index (χ4v) is 1.44. The Bertz CT molecular complexity index is 409. The van der Waals surface area contributed by atoms with Crippen molar-refractivity contribution in [3.05, 3.63) is 35.4 Å². The van der Waals surface area contributed by atoms with Crippen molar-refractivity contribution in [2.24, 2.45) is 11.5 Å². The Balaban J connectivity index is 3.05. The van der Waals surface area contributed by atoms with E-state index in [1.807, 2.05) is 5.32 Å². The molecule has 1 aromatic rings. The highest BCUT2D eigenvalue weighted by molar-refractivity contribution is 5.27. The van der Waals surface area contributed by atoms with Crippen molar-refractivity contribution in [1.29, 1.82) is 0 Å². The first-order valence-corrected chi connectivity index (χ1v) is 5.03. The molecule has 0 aliphatic carbocycles. The lowest BCUT2D eigenvalue weighted by Gasteiger charge is -2.24. The van der Waals surface area contributed by atoms with Gasteiger partial charge in [0.2, 0.25) is 0 Å². The van der Waals surface area contributed by atoms with Crippen LogP contribution in [0.25, 0.3) is 0 Å². The Morgan fingerprint density at radius 3 is 1.68 bits per heavy atom. The van der Waals surface area contributed by atoms with Crippen molar-refractivity contribution in [2.45, 2.75) is 24.7 Å². The third kappa shape index (κ3) is 4.37. The highest BCUT2D eigenvalue weighted by Gasteiger charge is 2.41. The van der Waals surface area contributed by atoms with Gasteiger partial charge in [-0.25, -0.2) is 0 Å². The highest BCUT2D eigenvalue weighted by Crippen LogP contribution is 2.35. The zero-order chi connectivity index (χ0) is 14.8. The van der Waals surface area contributed by atoms with E-state index in [1.165, 1.54) is 0 Å². The molecule has 5 N–H and O–H groups in total. The van der Waals surface area contributed by atoms with Gasteiger partial charge in [-0.3, -0.25) is 5.32 Å². The molecule has 0 fully saturated rings. The van der Waals surface area contributed by atoms with Crippen LogP contribution in [-0.2, 0) is 6.18 Å². The minimum atomic E-state index is -4.73. The third-order valence-corrected chi connectivity index (χ3v) is 2.26. The fourth-order valence-electron chi connectivity index (χ4n) is 1.44. The zero-order valence-corrected chi connectivity index (χ0v) is 9.39. The second-order valence-electron chi connectivity index (χ2n) is 3.79. The Morgan fingerprint density at radius 1 is 0.895 bits per heavy atom. The quantitative estimate of drug-likeness (QED) is 0.589. The van der Waals surface area contributed by atoms with Crippen molar-refractivity contribution >= 4 is 0 Å². The number of alkyl halides is 6. The molecule has 19 heavy (non-hydrogen) atoms. The number of hydrogen-bond donors (Lipinski definition) is 3. The summed E-state index contributed by atoms with van der Waals surface area (Å²) < 4.78 is 75.0. The molecule has 0 bridgehead atoms. The predicted octanol–water partition coefficient (Wildman–Crippen LogP) is 2.10. The van der Waals surface area contributed by atoms with E-state index >= 15 is 0 Å². The molecule has 0 aromatic heterocycles. The maximum atomic E-state index is 12.7. The van der Waals surface area contributed by atoms with Crippen molar-refractivity contribution in [3.63, 3.8) is 0 Å². The van der Waals surface area contributed by atoms with Gasteiger partial charge < -0.3 is 11.5 Å². The van der Waals surface area contributed by atoms with Crippen LogP contribution in [0.15, 0.2) is 24.3 Å². The molecule has 0 saturated heterocycles. The summed E-state index contributed by atoms with van der Waals surface area (Å²) in [7, 11) is 0. The van der Waals surface area contributed by atoms with Crippen molar-refractivity contribution < 1.29 is 26.3 Å². The van der Waals surface area contributed by atoms with E-state index in [9.17, 15) is 26.3 Å². The minimum absolute atomic E-state index is 0.401. The summed E-state index contributed by atoms with van der Waals surface area (Å²) in [4.78, 5) is 0. The highest BCUT2D eigenvalue weighted by atomic mass is 19.4. The van der Waals surface area contributed by atoms with Gasteiger partial charge in [0, 0.05) is 0 Å². The van der Waals surface area contributed by atoms with E-state index in [1.54, 1.807) is 0 Å². The van der Waals surface area contributed by atoms with Crippen LogP contribution in [0.5, 0.6) is 0 Å². The molecule has 0 unspecified atom stereocenters. The first kappa shape index (κ1) is 15.7. The summed E-state index contributed by atoms with van der Waals surface area (Å²) in [6.45, 7) is 0. The molecule has 108 valence electrons. The summed E-state index contributed by atoms with van der Waals surface area (Å²) >= 11 is 0. The molecule has 1 aromatic carbocycles. The lowest BCUT2D eigenvalue weighted by molar-refractivity contribution is -0.159. The minimum Gasteiger partial charge on any atom is -0.304 e. The average molecular weight is 287 g/mol. The Kier molecular flexibility index (Phi) is 4.43. The summed E-state index contributed by atoms with van der Waals surface area (Å²) in [6.07, 6.45) is -10.8. The van der Waals surface area contributed by atoms with E-state index in [4.69, 9.17) is 11.5 Å². The number of benzene rings is 1. The molecular formula is C10H11F6N3. The largest absolute Gasteiger partial charge is 0.416 e. The lowest BCUT2D eigenvalue weighted by Crippen LogP contribution is -2.50. The molecule has 0 saturated carbocycles. The fraction of sp³-hybridized carbons (Fsp3) is 0.400. The lowest BCUT2D eigenvalue weighted by atomic mass is 10.0. The van der Waals surface area contributed by atoms with Gasteiger partial charge in [-0.05, 0) is 17.7 Å². The Labute approximate surface area is 104 Å². The van der Waals surface area contributed by atoms with E-state index in [0.29, 0.717) is 12.1 Å². The van der Waals surface area contributed by atoms with Crippen LogP contribution in [0.4, 0.5) is 26.3 Å². The predicted molar refractivity (Wildman–Crippen MR) is 55.5 cm³/mol. The monoisotopic (exact) mass is 287 g/mol. The third-order valence-electron chi connectivity index (χ3n) is 2.26. The SMILES string of the molecule is NC(N)N[C@H](c1ccc(C(F)(F)F)cc1)C(F)(F)F. The topological polar surface area (TPSA) is 64.1 Å². The van der Waals surface area contributed by atoms with Crippen molar-refractivity contribution in [3.8, 4) is 0 Å². The van der Waals surface area contributed by atoms with Gasteiger partial charge in [-0.1, -0.05) is 12.1 Å². The second kappa shape index (κ2) is 5.35. The number of rotatable bonds is 3. The van der Waals surface area contributed by atoms with Gasteiger partial charge in [0.05, 0.1) is 5.56 Å². The van der Waals surface area contributed by atoms with Gasteiger partial charge in [0.1, 0.15) is 12.3 Å². The zero-order valence-electron chi connectivity index (χ0n) is 9.39. The van der Waals surface area contributed by atoms with E-state index in [2.05, 4.69) is 0 Å². The molecule has 0 spiro atoms. The van der Waals surface area contributed by atoms with Crippen LogP contribution >= 0.6 is 0 Å². The Hall–Kier alpha value is -1.32. The molecular weight excluding hydrogens is 276 g/mol. The van der Waals surface area contributed by atoms with Gasteiger partial charge in [-0.2, -0.15) is 26.3 Å². The number of halogens is 6. The van der Waals surface area contributed by atoms with Crippen molar-refractivity contribution in [2.75, 3.05) is 0 Å². The van der Waals surface area contributed by atoms with Crippen LogP contribution in [0.2, 0.25) is 0 Å². The molecule has 1 rings (SSSR count). The molecule has 9 heteroatoms. The normalized spacial score (nSPS) is 14.8. The smallest absolute Gasteiger partial charge is 0.304 e. The van der Waals surface area contributed by atoms with Crippen LogP contribution in [-0.4, -0.2) is 12.5 Å². The standard InChI is InChI=1S/C10H11F6N3/c11-9(12,13)6-3-1-5(2-4-6)7(10(14,15)16)19-8(17)18/h1-4,7-8,19H,17-18H2/t7-/m1/s1. The van der Waals surface area contributed by atoms with Gasteiger partial charge in [0.25, 0.3) is 0 Å². The van der Waals surface area contributed by atoms with Gasteiger partial charge in [-0.15, -0.1) is 0 Å². The molecule has 0 amide bonds. The summed E-state index contributed by atoms with van der Waals surface area (Å²) in [6, 6.07) is 0.372. The molecule has 0 radical (unpaired) electrons. The number of nitrogens with one attached hydrogen (secondary N) is 1. The van der Waals surface area contributed by atoms with Crippen LogP contribution < -0.4 is 16.8 Å². The maximum Gasteiger partial charge on any atom is 0.416 e. The maximum absolute atomic E-state index is 12.7. The van der Waals surface area contributed by atoms with Gasteiger partial charge in [0.15, 0.2) is 0 Å². The first-order chi connectivity index (χ1) is 8.51. The van der Waals surface area contributed by atoms with E-state index in [-0.39, 0.29) is 0 Å². The summed E-state index contributed by atoms with van der Waals surface area (Å²) in [5.74, 6) is 0. The van der Waals surface area contributed by atoms with E-state index < -0.39 is 35.8 Å². The van der Waals surface area contributed by atoms with E-state index in [0.717, 1.165) is 12.1 Å². The molecule has 0 heterocycles. The molecule has 1 atom stereocenters. The van der Waals surface area contributed by atoms with Crippen LogP contribution in [0.1, 0.15) is 17.2 Å². The first-order valence-electron chi connectivity index (χ1n) is 5.03. The van der Waals surface area contributed by atoms with Crippen LogP contribution in [0.3, 0.4) is 0 Å². The van der Waals surface area contributed by atoms with Crippen LogP contribution in [0, 0.1) is 0 Å². The number of nitrogens with two attached hydrogens (primary N) is 2.